The lowest BCUT2D eigenvalue weighted by molar-refractivity contribution is -0.128. The first-order chi connectivity index (χ1) is 20.4. The van der Waals surface area contributed by atoms with Crippen LogP contribution in [0, 0.1) is 0 Å². The number of rotatable bonds is 10. The molecule has 4 aromatic carbocycles. The van der Waals surface area contributed by atoms with Gasteiger partial charge >= 0.3 is 11.9 Å². The van der Waals surface area contributed by atoms with Gasteiger partial charge in [0.1, 0.15) is 11.5 Å². The highest BCUT2D eigenvalue weighted by Gasteiger charge is 2.11. The molecule has 4 rings (SSSR count). The average Bonchev–Trinajstić information content (AvgIpc) is 3.02. The number of benzene rings is 4. The number of para-hydroxylation sites is 2. The minimum absolute atomic E-state index is 0.124. The Balaban J connectivity index is 1.36. The Morgan fingerprint density at radius 3 is 2.02 bits per heavy atom. The predicted octanol–water partition coefficient (Wildman–Crippen LogP) is 5.64. The molecule has 0 heterocycles. The molecule has 0 unspecified atom stereocenters. The summed E-state index contributed by atoms with van der Waals surface area (Å²) < 4.78 is 11.0. The smallest absolute Gasteiger partial charge is 0.343 e. The molecule has 0 atom stereocenters. The summed E-state index contributed by atoms with van der Waals surface area (Å²) in [6, 6.07) is 28.5. The number of carbonyl (C=O) groups excluding carboxylic acids is 4. The fourth-order valence-electron chi connectivity index (χ4n) is 3.60. The maximum absolute atomic E-state index is 12.6. The van der Waals surface area contributed by atoms with Gasteiger partial charge in [-0.1, -0.05) is 55.5 Å². The number of hydrazone groups is 1. The molecule has 0 aliphatic rings. The van der Waals surface area contributed by atoms with Gasteiger partial charge in [-0.15, -0.1) is 0 Å². The zero-order valence-corrected chi connectivity index (χ0v) is 22.7. The SMILES string of the molecule is CCC(=O)Nc1ccc(C(=O)N/N=C/c2ccccc2OC(=O)/C=C/c2ccccc2OC(=O)c2ccccc2)cc1. The van der Waals surface area contributed by atoms with E-state index in [-0.39, 0.29) is 11.7 Å². The highest BCUT2D eigenvalue weighted by Crippen LogP contribution is 2.22. The van der Waals surface area contributed by atoms with E-state index < -0.39 is 17.8 Å². The monoisotopic (exact) mass is 561 g/mol. The van der Waals surface area contributed by atoms with Gasteiger partial charge in [0, 0.05) is 34.9 Å². The fourth-order valence-corrected chi connectivity index (χ4v) is 3.60. The molecular formula is C33H27N3O6. The summed E-state index contributed by atoms with van der Waals surface area (Å²) in [5.41, 5.74) is 4.73. The van der Waals surface area contributed by atoms with Crippen LogP contribution in [0.15, 0.2) is 114 Å². The van der Waals surface area contributed by atoms with Crippen LogP contribution in [0.5, 0.6) is 11.5 Å². The zero-order chi connectivity index (χ0) is 29.7. The number of hydrogen-bond donors (Lipinski definition) is 2. The molecule has 2 N–H and O–H groups in total. The van der Waals surface area contributed by atoms with Crippen molar-refractivity contribution in [1.29, 1.82) is 0 Å². The van der Waals surface area contributed by atoms with Crippen molar-refractivity contribution in [3.05, 3.63) is 131 Å². The topological polar surface area (TPSA) is 123 Å². The van der Waals surface area contributed by atoms with Crippen LogP contribution < -0.4 is 20.2 Å². The van der Waals surface area contributed by atoms with Crippen molar-refractivity contribution in [3.8, 4) is 11.5 Å². The molecule has 0 radical (unpaired) electrons. The van der Waals surface area contributed by atoms with E-state index in [0.29, 0.717) is 40.1 Å². The van der Waals surface area contributed by atoms with Gasteiger partial charge in [-0.3, -0.25) is 9.59 Å². The zero-order valence-electron chi connectivity index (χ0n) is 22.7. The summed E-state index contributed by atoms with van der Waals surface area (Å²) in [6.45, 7) is 1.75. The third-order valence-electron chi connectivity index (χ3n) is 5.78. The summed E-state index contributed by atoms with van der Waals surface area (Å²) in [7, 11) is 0. The van der Waals surface area contributed by atoms with E-state index in [1.165, 1.54) is 18.4 Å². The van der Waals surface area contributed by atoms with E-state index in [4.69, 9.17) is 9.47 Å². The molecule has 0 aliphatic heterocycles. The van der Waals surface area contributed by atoms with Crippen LogP contribution in [-0.2, 0) is 9.59 Å². The second kappa shape index (κ2) is 14.5. The minimum Gasteiger partial charge on any atom is -0.423 e. The van der Waals surface area contributed by atoms with Gasteiger partial charge in [-0.05, 0) is 60.7 Å². The normalized spacial score (nSPS) is 10.8. The lowest BCUT2D eigenvalue weighted by Gasteiger charge is -2.08. The van der Waals surface area contributed by atoms with Crippen LogP contribution in [0.25, 0.3) is 6.08 Å². The number of carbonyl (C=O) groups is 4. The molecule has 0 spiro atoms. The molecule has 0 saturated carbocycles. The number of hydrogen-bond acceptors (Lipinski definition) is 7. The van der Waals surface area contributed by atoms with Crippen molar-refractivity contribution < 1.29 is 28.7 Å². The van der Waals surface area contributed by atoms with Crippen molar-refractivity contribution in [2.24, 2.45) is 5.10 Å². The van der Waals surface area contributed by atoms with Gasteiger partial charge in [0.05, 0.1) is 11.8 Å². The van der Waals surface area contributed by atoms with E-state index in [2.05, 4.69) is 15.8 Å². The largest absolute Gasteiger partial charge is 0.423 e. The van der Waals surface area contributed by atoms with Crippen LogP contribution in [0.1, 0.15) is 45.2 Å². The molecule has 0 aromatic heterocycles. The lowest BCUT2D eigenvalue weighted by atomic mass is 10.2. The molecule has 4 aromatic rings. The molecular weight excluding hydrogens is 534 g/mol. The summed E-state index contributed by atoms with van der Waals surface area (Å²) in [4.78, 5) is 49.0. The highest BCUT2D eigenvalue weighted by molar-refractivity contribution is 5.97. The Labute approximate surface area is 242 Å². The summed E-state index contributed by atoms with van der Waals surface area (Å²) in [5.74, 6) is -1.25. The molecule has 0 aliphatic carbocycles. The predicted molar refractivity (Wildman–Crippen MR) is 159 cm³/mol. The van der Waals surface area contributed by atoms with Gasteiger partial charge in [0.2, 0.25) is 5.91 Å². The van der Waals surface area contributed by atoms with Crippen molar-refractivity contribution in [3.63, 3.8) is 0 Å². The Morgan fingerprint density at radius 1 is 0.714 bits per heavy atom. The maximum Gasteiger partial charge on any atom is 0.343 e. The standard InChI is InChI=1S/C33H27N3O6/c1-2-30(37)35-27-19-16-24(17-20-27)32(39)36-34-22-26-13-7-9-15-29(26)41-31(38)21-18-23-10-6-8-14-28(23)42-33(40)25-11-4-3-5-12-25/h3-22H,2H2,1H3,(H,35,37)(H,36,39)/b21-18+,34-22+. The quantitative estimate of drug-likeness (QED) is 0.0850. The van der Waals surface area contributed by atoms with E-state index in [9.17, 15) is 19.2 Å². The van der Waals surface area contributed by atoms with Gasteiger partial charge < -0.3 is 14.8 Å². The number of anilines is 1. The summed E-state index contributed by atoms with van der Waals surface area (Å²) >= 11 is 0. The Hall–Kier alpha value is -5.83. The Morgan fingerprint density at radius 2 is 1.33 bits per heavy atom. The number of ether oxygens (including phenoxy) is 2. The van der Waals surface area contributed by atoms with Crippen molar-refractivity contribution in [2.75, 3.05) is 5.32 Å². The van der Waals surface area contributed by atoms with E-state index in [1.54, 1.807) is 110 Å². The van der Waals surface area contributed by atoms with Gasteiger partial charge in [-0.25, -0.2) is 15.0 Å². The minimum atomic E-state index is -0.667. The molecule has 42 heavy (non-hydrogen) atoms. The fraction of sp³-hybridized carbons (Fsp3) is 0.0606. The third kappa shape index (κ3) is 8.33. The first kappa shape index (κ1) is 29.2. The molecule has 9 nitrogen and oxygen atoms in total. The van der Waals surface area contributed by atoms with Crippen LogP contribution in [0.2, 0.25) is 0 Å². The maximum atomic E-state index is 12.6. The molecule has 0 saturated heterocycles. The van der Waals surface area contributed by atoms with E-state index in [1.807, 2.05) is 0 Å². The van der Waals surface area contributed by atoms with Crippen molar-refractivity contribution >= 4 is 41.7 Å². The van der Waals surface area contributed by atoms with E-state index in [0.717, 1.165) is 0 Å². The second-order valence-corrected chi connectivity index (χ2v) is 8.76. The molecule has 2 amide bonds. The van der Waals surface area contributed by atoms with Crippen LogP contribution in [0.4, 0.5) is 5.69 Å². The summed E-state index contributed by atoms with van der Waals surface area (Å²) in [6.07, 6.45) is 4.42. The van der Waals surface area contributed by atoms with Crippen LogP contribution >= 0.6 is 0 Å². The van der Waals surface area contributed by atoms with Gasteiger partial charge in [0.15, 0.2) is 0 Å². The number of esters is 2. The number of amides is 2. The molecule has 210 valence electrons. The highest BCUT2D eigenvalue weighted by atomic mass is 16.5. The van der Waals surface area contributed by atoms with Gasteiger partial charge in [0.25, 0.3) is 5.91 Å². The van der Waals surface area contributed by atoms with E-state index >= 15 is 0 Å². The van der Waals surface area contributed by atoms with Crippen LogP contribution in [-0.4, -0.2) is 30.0 Å². The molecule has 9 heteroatoms. The lowest BCUT2D eigenvalue weighted by Crippen LogP contribution is -2.18. The first-order valence-corrected chi connectivity index (χ1v) is 13.0. The number of nitrogens with zero attached hydrogens (tertiary/aromatic N) is 1. The van der Waals surface area contributed by atoms with Crippen molar-refractivity contribution in [1.82, 2.24) is 5.43 Å². The third-order valence-corrected chi connectivity index (χ3v) is 5.78. The average molecular weight is 562 g/mol. The number of nitrogens with one attached hydrogen (secondary N) is 2. The van der Waals surface area contributed by atoms with Crippen LogP contribution in [0.3, 0.4) is 0 Å². The van der Waals surface area contributed by atoms with Gasteiger partial charge in [-0.2, -0.15) is 5.10 Å². The molecule has 0 fully saturated rings. The Bertz CT molecular complexity index is 1630. The molecule has 0 bridgehead atoms. The van der Waals surface area contributed by atoms with Crippen molar-refractivity contribution in [2.45, 2.75) is 13.3 Å². The Kier molecular flexibility index (Phi) is 10.1. The summed E-state index contributed by atoms with van der Waals surface area (Å²) in [5, 5.41) is 6.69. The first-order valence-electron chi connectivity index (χ1n) is 13.0. The second-order valence-electron chi connectivity index (χ2n) is 8.76.